The van der Waals surface area contributed by atoms with Crippen molar-refractivity contribution < 1.29 is 51.3 Å². The maximum Gasteiger partial charge on any atom is 0.414 e. The summed E-state index contributed by atoms with van der Waals surface area (Å²) in [6, 6.07) is 34.5. The topological polar surface area (TPSA) is 173 Å². The third kappa shape index (κ3) is 11.9. The normalized spacial score (nSPS) is 16.7. The molecule has 0 spiro atoms. The van der Waals surface area contributed by atoms with Gasteiger partial charge in [0.15, 0.2) is 23.1 Å². The van der Waals surface area contributed by atoms with E-state index in [1.54, 1.807) is 65.5 Å². The number of aromatic nitrogens is 4. The summed E-state index contributed by atoms with van der Waals surface area (Å²) >= 11 is 0. The van der Waals surface area contributed by atoms with E-state index in [0.29, 0.717) is 28.1 Å². The van der Waals surface area contributed by atoms with Crippen molar-refractivity contribution in [3.8, 4) is 17.4 Å². The number of ether oxygens (including phenoxy) is 5. The highest BCUT2D eigenvalue weighted by atomic mass is 31.2. The monoisotopic (exact) mass is 987 g/mol. The first-order chi connectivity index (χ1) is 33.9. The van der Waals surface area contributed by atoms with Crippen LogP contribution in [0.15, 0.2) is 153 Å². The lowest BCUT2D eigenvalue weighted by Gasteiger charge is -2.43. The third-order valence-corrected chi connectivity index (χ3v) is 17.5. The van der Waals surface area contributed by atoms with Gasteiger partial charge >= 0.3 is 14.7 Å². The molecular formula is C52H58N5O11PSi. The molecule has 0 aliphatic carbocycles. The number of carbonyl (C=O) groups excluding carboxylic acids is 2. The van der Waals surface area contributed by atoms with Crippen molar-refractivity contribution in [2.45, 2.75) is 56.8 Å². The fourth-order valence-electron chi connectivity index (χ4n) is 8.15. The van der Waals surface area contributed by atoms with Crippen LogP contribution in [-0.4, -0.2) is 92.6 Å². The van der Waals surface area contributed by atoms with E-state index < -0.39 is 47.6 Å². The number of benzene rings is 4. The molecule has 3 heterocycles. The molecule has 0 radical (unpaired) electrons. The molecular weight excluding hydrogens is 930 g/mol. The second-order valence-electron chi connectivity index (χ2n) is 16.9. The van der Waals surface area contributed by atoms with E-state index in [4.69, 9.17) is 41.7 Å². The number of nitrogens with one attached hydrogen (secondary N) is 1. The number of ketones is 1. The number of hydrogen-bond donors (Lipinski definition) is 1. The second-order valence-corrected chi connectivity index (χ2v) is 22.4. The van der Waals surface area contributed by atoms with Gasteiger partial charge < -0.3 is 37.2 Å². The number of hydrogen-bond acceptors (Lipinski definition) is 14. The number of imidazole rings is 1. The lowest BCUT2D eigenvalue weighted by molar-refractivity contribution is -0.0393. The molecule has 1 amide bonds. The highest BCUT2D eigenvalue weighted by molar-refractivity contribution is 7.41. The van der Waals surface area contributed by atoms with Gasteiger partial charge in [-0.1, -0.05) is 143 Å². The summed E-state index contributed by atoms with van der Waals surface area (Å²) in [7, 11) is -2.43. The molecule has 0 bridgehead atoms. The summed E-state index contributed by atoms with van der Waals surface area (Å²) in [5, 5.41) is 4.35. The molecule has 1 saturated heterocycles. The van der Waals surface area contributed by atoms with E-state index in [0.717, 1.165) is 10.4 Å². The first-order valence-electron chi connectivity index (χ1n) is 22.6. The lowest BCUT2D eigenvalue weighted by atomic mass is 9.99. The van der Waals surface area contributed by atoms with Gasteiger partial charge in [-0.25, -0.2) is 9.78 Å². The maximum absolute atomic E-state index is 14.6. The van der Waals surface area contributed by atoms with E-state index in [2.05, 4.69) is 85.0 Å². The van der Waals surface area contributed by atoms with Crippen molar-refractivity contribution in [2.24, 2.45) is 0 Å². The molecule has 2 aromatic heterocycles. The van der Waals surface area contributed by atoms with Crippen molar-refractivity contribution >= 4 is 56.3 Å². The average Bonchev–Trinajstić information content (AvgIpc) is 3.99. The first kappa shape index (κ1) is 51.3. The minimum atomic E-state index is -3.13. The molecule has 1 aliphatic heterocycles. The standard InChI is InChI=1S/C52H58N5O11PSi/c1-9-27-62-49-45-48(54-50(55-49)56-51(59)63-28-10-2)57(35-53-45)44-33-42(43(66-44)34-65-70(52(4,5)6,40-23-17-13-18-24-40)41-25-19-14-20-26-41)67-69(64-29-11-3)68-47(46(58)36-21-15-12-16-22-36)37-30-38(60-7)32-39(31-37)61-8/h9-26,30-32,35,42-44,47H,1-3,27-29,33-34H2,4-8H3,(H,54,55,56,59)/t42-,43+,44+,47?,69?/m0/s1. The number of carbonyl (C=O) groups is 2. The summed E-state index contributed by atoms with van der Waals surface area (Å²) in [4.78, 5) is 41.0. The van der Waals surface area contributed by atoms with Crippen molar-refractivity contribution in [1.29, 1.82) is 0 Å². The zero-order valence-corrected chi connectivity index (χ0v) is 41.8. The molecule has 1 N–H and O–H groups in total. The quantitative estimate of drug-likeness (QED) is 0.0263. The molecule has 2 unspecified atom stereocenters. The maximum atomic E-state index is 14.6. The van der Waals surface area contributed by atoms with Crippen LogP contribution in [0.4, 0.5) is 10.7 Å². The minimum absolute atomic E-state index is 0.0290. The van der Waals surface area contributed by atoms with Gasteiger partial charge in [-0.2, -0.15) is 9.97 Å². The summed E-state index contributed by atoms with van der Waals surface area (Å²) in [5.74, 6) is 0.555. The number of Topliss-reactive ketones (excluding diaryl/α,β-unsaturated/α-hetero) is 1. The van der Waals surface area contributed by atoms with E-state index >= 15 is 0 Å². The van der Waals surface area contributed by atoms with Crippen LogP contribution in [0.1, 0.15) is 55.4 Å². The van der Waals surface area contributed by atoms with E-state index in [-0.39, 0.29) is 61.1 Å². The van der Waals surface area contributed by atoms with Gasteiger partial charge in [0, 0.05) is 18.1 Å². The predicted octanol–water partition coefficient (Wildman–Crippen LogP) is 9.46. The summed E-state index contributed by atoms with van der Waals surface area (Å²) < 4.78 is 58.5. The smallest absolute Gasteiger partial charge is 0.414 e. The zero-order valence-electron chi connectivity index (χ0n) is 39.9. The Hall–Kier alpha value is -6.56. The molecule has 1 fully saturated rings. The molecule has 366 valence electrons. The van der Waals surface area contributed by atoms with Gasteiger partial charge in [-0.3, -0.25) is 19.2 Å². The number of rotatable bonds is 24. The fourth-order valence-corrected chi connectivity index (χ4v) is 13.9. The SMILES string of the molecule is C=CCOC(=O)Nc1nc(OCC=C)c2ncn([C@H]3C[C@H](OP(OCC=C)OC(C(=O)c4ccccc4)c4cc(OC)cc(OC)c4)[C@@H](CO[Si](c4ccccc4)(c4ccccc4)C(C)(C)C)O3)c2n1. The van der Waals surface area contributed by atoms with Crippen molar-refractivity contribution in [3.63, 3.8) is 0 Å². The van der Waals surface area contributed by atoms with Crippen molar-refractivity contribution in [1.82, 2.24) is 19.5 Å². The minimum Gasteiger partial charge on any atom is -0.497 e. The molecule has 5 atom stereocenters. The van der Waals surface area contributed by atoms with Crippen molar-refractivity contribution in [2.75, 3.05) is 46.0 Å². The zero-order chi connectivity index (χ0) is 49.7. The lowest BCUT2D eigenvalue weighted by Crippen LogP contribution is -2.67. The Morgan fingerprint density at radius 1 is 0.857 bits per heavy atom. The second kappa shape index (κ2) is 23.8. The molecule has 7 rings (SSSR count). The number of fused-ring (bicyclic) bond motifs is 1. The van der Waals surface area contributed by atoms with Crippen LogP contribution in [0.3, 0.4) is 0 Å². The van der Waals surface area contributed by atoms with E-state index in [1.165, 1.54) is 20.3 Å². The third-order valence-electron chi connectivity index (χ3n) is 11.3. The number of methoxy groups -OCH3 is 2. The van der Waals surface area contributed by atoms with E-state index in [9.17, 15) is 9.59 Å². The largest absolute Gasteiger partial charge is 0.497 e. The van der Waals surface area contributed by atoms with Gasteiger partial charge in [0.05, 0.1) is 39.9 Å². The van der Waals surface area contributed by atoms with Crippen LogP contribution in [0.2, 0.25) is 5.04 Å². The van der Waals surface area contributed by atoms with Gasteiger partial charge in [0.1, 0.15) is 37.0 Å². The van der Waals surface area contributed by atoms with Gasteiger partial charge in [-0.15, -0.1) is 6.58 Å². The molecule has 6 aromatic rings. The molecule has 18 heteroatoms. The average molecular weight is 988 g/mol. The first-order valence-corrected chi connectivity index (χ1v) is 25.6. The van der Waals surface area contributed by atoms with Crippen LogP contribution in [0, 0.1) is 0 Å². The molecule has 16 nitrogen and oxygen atoms in total. The predicted molar refractivity (Wildman–Crippen MR) is 270 cm³/mol. The van der Waals surface area contributed by atoms with Gasteiger partial charge in [0.25, 0.3) is 8.32 Å². The molecule has 0 saturated carbocycles. The Balaban J connectivity index is 1.31. The summed E-state index contributed by atoms with van der Waals surface area (Å²) in [6.07, 6.45) is 1.96. The van der Waals surface area contributed by atoms with Crippen LogP contribution < -0.4 is 29.9 Å². The number of anilines is 1. The molecule has 4 aromatic carbocycles. The Morgan fingerprint density at radius 2 is 1.47 bits per heavy atom. The van der Waals surface area contributed by atoms with Gasteiger partial charge in [0.2, 0.25) is 11.8 Å². The summed E-state index contributed by atoms with van der Waals surface area (Å²) in [6.45, 7) is 18.0. The highest BCUT2D eigenvalue weighted by Gasteiger charge is 2.52. The van der Waals surface area contributed by atoms with Crippen LogP contribution in [0.5, 0.6) is 17.4 Å². The van der Waals surface area contributed by atoms with Crippen LogP contribution in [-0.2, 0) is 27.5 Å². The Bertz CT molecular complexity index is 2660. The highest BCUT2D eigenvalue weighted by Crippen LogP contribution is 2.51. The number of nitrogens with zero attached hydrogens (tertiary/aromatic N) is 4. The van der Waals surface area contributed by atoms with Crippen LogP contribution in [0.25, 0.3) is 11.2 Å². The van der Waals surface area contributed by atoms with Gasteiger partial charge in [-0.05, 0) is 33.1 Å². The Labute approximate surface area is 410 Å². The molecule has 1 aliphatic rings. The molecule has 70 heavy (non-hydrogen) atoms. The van der Waals surface area contributed by atoms with Crippen LogP contribution >= 0.6 is 8.60 Å². The number of amides is 1. The summed E-state index contributed by atoms with van der Waals surface area (Å²) in [5.41, 5.74) is 1.44. The fraction of sp³-hybridized carbons (Fsp3) is 0.288. The van der Waals surface area contributed by atoms with E-state index in [1.807, 2.05) is 42.5 Å². The van der Waals surface area contributed by atoms with Crippen molar-refractivity contribution in [3.05, 3.63) is 165 Å². The Kier molecular flexibility index (Phi) is 17.5. The Morgan fingerprint density at radius 3 is 2.06 bits per heavy atom.